The molecule has 0 aliphatic rings. The second-order valence-corrected chi connectivity index (χ2v) is 4.67. The van der Waals surface area contributed by atoms with Crippen molar-refractivity contribution in [2.45, 2.75) is 13.5 Å². The van der Waals surface area contributed by atoms with Crippen LogP contribution in [-0.2, 0) is 13.6 Å². The Bertz CT molecular complexity index is 598. The highest BCUT2D eigenvalue weighted by atomic mass is 16.5. The van der Waals surface area contributed by atoms with Crippen molar-refractivity contribution >= 4 is 5.69 Å². The number of nitrogens with zero attached hydrogens (tertiary/aromatic N) is 2. The van der Waals surface area contributed by atoms with Crippen LogP contribution in [0.3, 0.4) is 0 Å². The van der Waals surface area contributed by atoms with Gasteiger partial charge in [0.2, 0.25) is 0 Å². The van der Waals surface area contributed by atoms with Gasteiger partial charge in [0, 0.05) is 31.9 Å². The van der Waals surface area contributed by atoms with Gasteiger partial charge in [-0.15, -0.1) is 0 Å². The van der Waals surface area contributed by atoms with Crippen LogP contribution in [-0.4, -0.2) is 31.1 Å². The molecule has 0 amide bonds. The maximum absolute atomic E-state index is 5.43. The van der Waals surface area contributed by atoms with E-state index in [9.17, 15) is 0 Å². The van der Waals surface area contributed by atoms with Crippen molar-refractivity contribution in [3.63, 3.8) is 0 Å². The molecule has 0 spiro atoms. The lowest BCUT2D eigenvalue weighted by Crippen LogP contribution is -2.05. The average molecular weight is 291 g/mol. The number of benzene rings is 1. The minimum Gasteiger partial charge on any atom is -0.496 e. The van der Waals surface area contributed by atoms with E-state index in [1.807, 2.05) is 32.3 Å². The SMILES string of the molecule is COc1cc(OC)c(CNc2cn(C)nc2C)c(OC)c1. The molecule has 1 aromatic carbocycles. The Kier molecular flexibility index (Phi) is 4.57. The van der Waals surface area contributed by atoms with E-state index in [0.717, 1.165) is 28.4 Å². The number of ether oxygens (including phenoxy) is 3. The Balaban J connectivity index is 2.28. The molecule has 114 valence electrons. The van der Waals surface area contributed by atoms with Crippen LogP contribution < -0.4 is 19.5 Å². The lowest BCUT2D eigenvalue weighted by atomic mass is 10.1. The number of anilines is 1. The zero-order valence-corrected chi connectivity index (χ0v) is 13.1. The molecule has 0 aliphatic heterocycles. The molecule has 0 unspecified atom stereocenters. The Morgan fingerprint density at radius 3 is 2.14 bits per heavy atom. The van der Waals surface area contributed by atoms with E-state index in [0.29, 0.717) is 12.3 Å². The lowest BCUT2D eigenvalue weighted by molar-refractivity contribution is 0.369. The van der Waals surface area contributed by atoms with Crippen molar-refractivity contribution < 1.29 is 14.2 Å². The van der Waals surface area contributed by atoms with Gasteiger partial charge in [-0.1, -0.05) is 0 Å². The summed E-state index contributed by atoms with van der Waals surface area (Å²) in [6, 6.07) is 3.69. The summed E-state index contributed by atoms with van der Waals surface area (Å²) in [5, 5.41) is 7.66. The molecule has 1 N–H and O–H groups in total. The van der Waals surface area contributed by atoms with Crippen LogP contribution in [0.4, 0.5) is 5.69 Å². The predicted molar refractivity (Wildman–Crippen MR) is 81.4 cm³/mol. The van der Waals surface area contributed by atoms with Crippen molar-refractivity contribution in [1.82, 2.24) is 9.78 Å². The molecule has 0 fully saturated rings. The van der Waals surface area contributed by atoms with Crippen molar-refractivity contribution in [2.24, 2.45) is 7.05 Å². The fourth-order valence-electron chi connectivity index (χ4n) is 2.21. The third kappa shape index (κ3) is 3.21. The monoisotopic (exact) mass is 291 g/mol. The summed E-state index contributed by atoms with van der Waals surface area (Å²) in [5.74, 6) is 2.14. The first-order valence-corrected chi connectivity index (χ1v) is 6.62. The standard InChI is InChI=1S/C15H21N3O3/c1-10-13(9-18(2)17-10)16-8-12-14(20-4)6-11(19-3)7-15(12)21-5/h6-7,9,16H,8H2,1-5H3. The van der Waals surface area contributed by atoms with Crippen LogP contribution >= 0.6 is 0 Å². The third-order valence-corrected chi connectivity index (χ3v) is 3.29. The van der Waals surface area contributed by atoms with E-state index in [1.54, 1.807) is 26.0 Å². The van der Waals surface area contributed by atoms with Crippen LogP contribution in [0.1, 0.15) is 11.3 Å². The van der Waals surface area contributed by atoms with E-state index in [2.05, 4.69) is 10.4 Å². The second kappa shape index (κ2) is 6.39. The summed E-state index contributed by atoms with van der Waals surface area (Å²) < 4.78 is 17.9. The highest BCUT2D eigenvalue weighted by Gasteiger charge is 2.14. The van der Waals surface area contributed by atoms with Gasteiger partial charge in [0.1, 0.15) is 17.2 Å². The zero-order valence-electron chi connectivity index (χ0n) is 13.1. The van der Waals surface area contributed by atoms with E-state index >= 15 is 0 Å². The lowest BCUT2D eigenvalue weighted by Gasteiger charge is -2.15. The Hall–Kier alpha value is -2.37. The molecule has 0 bridgehead atoms. The van der Waals surface area contributed by atoms with Crippen LogP contribution in [0.15, 0.2) is 18.3 Å². The molecule has 0 saturated heterocycles. The van der Waals surface area contributed by atoms with Gasteiger partial charge in [-0.3, -0.25) is 4.68 Å². The number of aromatic nitrogens is 2. The summed E-state index contributed by atoms with van der Waals surface area (Å²) in [5.41, 5.74) is 2.87. The van der Waals surface area contributed by atoms with E-state index < -0.39 is 0 Å². The van der Waals surface area contributed by atoms with Gasteiger partial charge in [-0.2, -0.15) is 5.10 Å². The largest absolute Gasteiger partial charge is 0.496 e. The highest BCUT2D eigenvalue weighted by Crippen LogP contribution is 2.34. The number of rotatable bonds is 6. The van der Waals surface area contributed by atoms with Gasteiger partial charge in [-0.05, 0) is 6.92 Å². The molecule has 0 atom stereocenters. The van der Waals surface area contributed by atoms with E-state index in [1.165, 1.54) is 0 Å². The maximum Gasteiger partial charge on any atom is 0.131 e. The van der Waals surface area contributed by atoms with Crippen LogP contribution in [0.5, 0.6) is 17.2 Å². The third-order valence-electron chi connectivity index (χ3n) is 3.29. The normalized spacial score (nSPS) is 10.3. The first-order valence-electron chi connectivity index (χ1n) is 6.62. The average Bonchev–Trinajstić information content (AvgIpc) is 2.81. The fraction of sp³-hybridized carbons (Fsp3) is 0.400. The van der Waals surface area contributed by atoms with Crippen LogP contribution in [0.2, 0.25) is 0 Å². The molecular weight excluding hydrogens is 270 g/mol. The Morgan fingerprint density at radius 2 is 1.71 bits per heavy atom. The quantitative estimate of drug-likeness (QED) is 0.885. The van der Waals surface area contributed by atoms with Gasteiger partial charge >= 0.3 is 0 Å². The Morgan fingerprint density at radius 1 is 1.10 bits per heavy atom. The molecule has 2 rings (SSSR count). The molecule has 0 saturated carbocycles. The highest BCUT2D eigenvalue weighted by molar-refractivity contribution is 5.54. The number of hydrogen-bond donors (Lipinski definition) is 1. The maximum atomic E-state index is 5.43. The first kappa shape index (κ1) is 15.0. The summed E-state index contributed by atoms with van der Waals surface area (Å²) >= 11 is 0. The molecule has 0 aliphatic carbocycles. The molecule has 1 aromatic heterocycles. The van der Waals surface area contributed by atoms with Gasteiger partial charge in [0.05, 0.1) is 38.3 Å². The van der Waals surface area contributed by atoms with Gasteiger partial charge in [-0.25, -0.2) is 0 Å². The molecule has 0 radical (unpaired) electrons. The number of nitrogens with one attached hydrogen (secondary N) is 1. The fourth-order valence-corrected chi connectivity index (χ4v) is 2.21. The second-order valence-electron chi connectivity index (χ2n) is 4.67. The van der Waals surface area contributed by atoms with Gasteiger partial charge in [0.15, 0.2) is 0 Å². The molecule has 1 heterocycles. The smallest absolute Gasteiger partial charge is 0.131 e. The summed E-state index contributed by atoms with van der Waals surface area (Å²) in [7, 11) is 6.78. The van der Waals surface area contributed by atoms with Crippen molar-refractivity contribution in [1.29, 1.82) is 0 Å². The minimum atomic E-state index is 0.572. The number of methoxy groups -OCH3 is 3. The molecule has 6 nitrogen and oxygen atoms in total. The summed E-state index contributed by atoms with van der Waals surface area (Å²) in [6.07, 6.45) is 1.94. The predicted octanol–water partition coefficient (Wildman–Crippen LogP) is 2.37. The topological polar surface area (TPSA) is 57.5 Å². The zero-order chi connectivity index (χ0) is 15.4. The van der Waals surface area contributed by atoms with Crippen LogP contribution in [0.25, 0.3) is 0 Å². The van der Waals surface area contributed by atoms with E-state index in [-0.39, 0.29) is 0 Å². The Labute approximate surface area is 124 Å². The van der Waals surface area contributed by atoms with E-state index in [4.69, 9.17) is 14.2 Å². The van der Waals surface area contributed by atoms with Gasteiger partial charge in [0.25, 0.3) is 0 Å². The summed E-state index contributed by atoms with van der Waals surface area (Å²) in [6.45, 7) is 2.54. The van der Waals surface area contributed by atoms with Crippen molar-refractivity contribution in [2.75, 3.05) is 26.6 Å². The van der Waals surface area contributed by atoms with Crippen LogP contribution in [0, 0.1) is 6.92 Å². The molecule has 21 heavy (non-hydrogen) atoms. The minimum absolute atomic E-state index is 0.572. The van der Waals surface area contributed by atoms with Crippen molar-refractivity contribution in [3.8, 4) is 17.2 Å². The molecular formula is C15H21N3O3. The number of aryl methyl sites for hydroxylation is 2. The molecule has 2 aromatic rings. The number of hydrogen-bond acceptors (Lipinski definition) is 5. The molecule has 6 heteroatoms. The summed E-state index contributed by atoms with van der Waals surface area (Å²) in [4.78, 5) is 0. The van der Waals surface area contributed by atoms with Crippen molar-refractivity contribution in [3.05, 3.63) is 29.6 Å². The first-order chi connectivity index (χ1) is 10.1. The van der Waals surface area contributed by atoms with Gasteiger partial charge < -0.3 is 19.5 Å².